The summed E-state index contributed by atoms with van der Waals surface area (Å²) >= 11 is 0. The van der Waals surface area contributed by atoms with Crippen molar-refractivity contribution in [2.45, 2.75) is 25.7 Å². The Labute approximate surface area is 116 Å². The van der Waals surface area contributed by atoms with Gasteiger partial charge in [-0.05, 0) is 26.3 Å². The SMILES string of the molecule is CCOC(=O)C1CC1(C(=O)OCC)c1ccccc1F. The number of hydrogen-bond donors (Lipinski definition) is 0. The van der Waals surface area contributed by atoms with Gasteiger partial charge >= 0.3 is 11.9 Å². The molecule has 0 aliphatic heterocycles. The van der Waals surface area contributed by atoms with Crippen LogP contribution in [0.2, 0.25) is 0 Å². The number of hydrogen-bond acceptors (Lipinski definition) is 4. The Morgan fingerprint density at radius 2 is 1.90 bits per heavy atom. The number of halogens is 1. The predicted molar refractivity (Wildman–Crippen MR) is 69.5 cm³/mol. The average molecular weight is 280 g/mol. The molecule has 2 atom stereocenters. The van der Waals surface area contributed by atoms with Crippen molar-refractivity contribution < 1.29 is 23.5 Å². The van der Waals surface area contributed by atoms with E-state index < -0.39 is 29.1 Å². The molecule has 1 aliphatic rings. The van der Waals surface area contributed by atoms with E-state index in [2.05, 4.69) is 0 Å². The summed E-state index contributed by atoms with van der Waals surface area (Å²) < 4.78 is 24.0. The van der Waals surface area contributed by atoms with Gasteiger partial charge in [0.1, 0.15) is 11.2 Å². The van der Waals surface area contributed by atoms with Gasteiger partial charge in [0.2, 0.25) is 0 Å². The summed E-state index contributed by atoms with van der Waals surface area (Å²) in [5.74, 6) is -2.22. The van der Waals surface area contributed by atoms with Gasteiger partial charge in [-0.25, -0.2) is 4.39 Å². The van der Waals surface area contributed by atoms with E-state index in [1.807, 2.05) is 0 Å². The second-order valence-corrected chi connectivity index (χ2v) is 4.68. The highest BCUT2D eigenvalue weighted by molar-refractivity contribution is 5.96. The fraction of sp³-hybridized carbons (Fsp3) is 0.467. The quantitative estimate of drug-likeness (QED) is 0.776. The Kier molecular flexibility index (Phi) is 4.06. The summed E-state index contributed by atoms with van der Waals surface area (Å²) in [5.41, 5.74) is -1.02. The van der Waals surface area contributed by atoms with Crippen LogP contribution in [0.5, 0.6) is 0 Å². The third-order valence-electron chi connectivity index (χ3n) is 3.53. The number of rotatable bonds is 5. The van der Waals surface area contributed by atoms with Gasteiger partial charge in [-0.1, -0.05) is 18.2 Å². The molecule has 2 rings (SSSR count). The van der Waals surface area contributed by atoms with Gasteiger partial charge in [0.05, 0.1) is 19.1 Å². The molecular formula is C15H17FO4. The van der Waals surface area contributed by atoms with Gasteiger partial charge in [-0.15, -0.1) is 0 Å². The zero-order chi connectivity index (χ0) is 14.8. The maximum absolute atomic E-state index is 14.0. The number of carbonyl (C=O) groups excluding carboxylic acids is 2. The van der Waals surface area contributed by atoms with Crippen molar-refractivity contribution in [2.75, 3.05) is 13.2 Å². The highest BCUT2D eigenvalue weighted by atomic mass is 19.1. The molecule has 0 heterocycles. The molecule has 0 saturated heterocycles. The van der Waals surface area contributed by atoms with E-state index in [1.54, 1.807) is 26.0 Å². The van der Waals surface area contributed by atoms with E-state index in [0.29, 0.717) is 0 Å². The van der Waals surface area contributed by atoms with Gasteiger partial charge in [-0.2, -0.15) is 0 Å². The van der Waals surface area contributed by atoms with Gasteiger partial charge in [0, 0.05) is 5.56 Å². The molecule has 0 amide bonds. The van der Waals surface area contributed by atoms with E-state index in [0.717, 1.165) is 0 Å². The van der Waals surface area contributed by atoms with E-state index in [9.17, 15) is 14.0 Å². The molecule has 5 heteroatoms. The number of benzene rings is 1. The maximum atomic E-state index is 14.0. The minimum Gasteiger partial charge on any atom is -0.466 e. The highest BCUT2D eigenvalue weighted by Gasteiger charge is 2.67. The van der Waals surface area contributed by atoms with Crippen LogP contribution < -0.4 is 0 Å². The lowest BCUT2D eigenvalue weighted by Crippen LogP contribution is -2.29. The molecular weight excluding hydrogens is 263 g/mol. The first-order valence-electron chi connectivity index (χ1n) is 6.66. The number of carbonyl (C=O) groups is 2. The monoisotopic (exact) mass is 280 g/mol. The van der Waals surface area contributed by atoms with Gasteiger partial charge in [0.15, 0.2) is 0 Å². The molecule has 108 valence electrons. The van der Waals surface area contributed by atoms with Crippen LogP contribution in [0.3, 0.4) is 0 Å². The van der Waals surface area contributed by atoms with Crippen LogP contribution in [0, 0.1) is 11.7 Å². The van der Waals surface area contributed by atoms with Crippen LogP contribution in [0.15, 0.2) is 24.3 Å². The Bertz CT molecular complexity index is 528. The van der Waals surface area contributed by atoms with Crippen molar-refractivity contribution in [3.05, 3.63) is 35.6 Å². The normalized spacial score (nSPS) is 24.1. The first-order valence-corrected chi connectivity index (χ1v) is 6.66. The molecule has 1 fully saturated rings. The van der Waals surface area contributed by atoms with Crippen LogP contribution in [-0.4, -0.2) is 25.2 Å². The zero-order valence-electron chi connectivity index (χ0n) is 11.5. The zero-order valence-corrected chi connectivity index (χ0v) is 11.5. The average Bonchev–Trinajstić information content (AvgIpc) is 3.16. The van der Waals surface area contributed by atoms with Crippen LogP contribution >= 0.6 is 0 Å². The van der Waals surface area contributed by atoms with Crippen molar-refractivity contribution >= 4 is 11.9 Å². The van der Waals surface area contributed by atoms with E-state index in [4.69, 9.17) is 9.47 Å². The lowest BCUT2D eigenvalue weighted by Gasteiger charge is -2.16. The lowest BCUT2D eigenvalue weighted by atomic mass is 9.92. The molecule has 4 nitrogen and oxygen atoms in total. The molecule has 1 aromatic rings. The first-order chi connectivity index (χ1) is 9.57. The topological polar surface area (TPSA) is 52.6 Å². The Morgan fingerprint density at radius 3 is 2.50 bits per heavy atom. The summed E-state index contributed by atoms with van der Waals surface area (Å²) in [4.78, 5) is 24.1. The van der Waals surface area contributed by atoms with Crippen LogP contribution in [-0.2, 0) is 24.5 Å². The summed E-state index contributed by atoms with van der Waals surface area (Å²) in [6.07, 6.45) is 0.228. The second kappa shape index (κ2) is 5.61. The molecule has 1 aromatic carbocycles. The first kappa shape index (κ1) is 14.5. The molecule has 0 aromatic heterocycles. The van der Waals surface area contributed by atoms with Crippen molar-refractivity contribution in [2.24, 2.45) is 5.92 Å². The highest BCUT2D eigenvalue weighted by Crippen LogP contribution is 2.56. The number of esters is 2. The summed E-state index contributed by atoms with van der Waals surface area (Å²) in [6, 6.07) is 5.97. The standard InChI is InChI=1S/C15H17FO4/c1-3-19-13(17)11-9-15(11,14(18)20-4-2)10-7-5-6-8-12(10)16/h5-8,11H,3-4,9H2,1-2H3. The lowest BCUT2D eigenvalue weighted by molar-refractivity contribution is -0.152. The Hall–Kier alpha value is -1.91. The summed E-state index contributed by atoms with van der Waals surface area (Å²) in [6.45, 7) is 3.78. The summed E-state index contributed by atoms with van der Waals surface area (Å²) in [5, 5.41) is 0. The fourth-order valence-corrected chi connectivity index (χ4v) is 2.51. The number of ether oxygens (including phenoxy) is 2. The third kappa shape index (κ3) is 2.28. The Balaban J connectivity index is 2.36. The smallest absolute Gasteiger partial charge is 0.317 e. The second-order valence-electron chi connectivity index (χ2n) is 4.68. The largest absolute Gasteiger partial charge is 0.466 e. The van der Waals surface area contributed by atoms with Crippen molar-refractivity contribution in [1.82, 2.24) is 0 Å². The van der Waals surface area contributed by atoms with Crippen molar-refractivity contribution in [1.29, 1.82) is 0 Å². The maximum Gasteiger partial charge on any atom is 0.317 e. The fourth-order valence-electron chi connectivity index (χ4n) is 2.51. The minimum atomic E-state index is -1.23. The molecule has 1 aliphatic carbocycles. The van der Waals surface area contributed by atoms with E-state index in [1.165, 1.54) is 12.1 Å². The van der Waals surface area contributed by atoms with Crippen LogP contribution in [0.25, 0.3) is 0 Å². The minimum absolute atomic E-state index is 0.185. The molecule has 0 bridgehead atoms. The Morgan fingerprint density at radius 1 is 1.25 bits per heavy atom. The molecule has 20 heavy (non-hydrogen) atoms. The van der Waals surface area contributed by atoms with Gasteiger partial charge in [-0.3, -0.25) is 9.59 Å². The summed E-state index contributed by atoms with van der Waals surface area (Å²) in [7, 11) is 0. The van der Waals surface area contributed by atoms with Crippen molar-refractivity contribution in [3.8, 4) is 0 Å². The van der Waals surface area contributed by atoms with Crippen LogP contribution in [0.4, 0.5) is 4.39 Å². The predicted octanol–water partition coefficient (Wildman–Crippen LogP) is 2.21. The van der Waals surface area contributed by atoms with E-state index in [-0.39, 0.29) is 25.2 Å². The van der Waals surface area contributed by atoms with Crippen LogP contribution in [0.1, 0.15) is 25.8 Å². The van der Waals surface area contributed by atoms with Gasteiger partial charge < -0.3 is 9.47 Å². The molecule has 1 saturated carbocycles. The molecule has 0 spiro atoms. The van der Waals surface area contributed by atoms with Crippen molar-refractivity contribution in [3.63, 3.8) is 0 Å². The molecule has 2 unspecified atom stereocenters. The molecule has 0 radical (unpaired) electrons. The molecule has 0 N–H and O–H groups in total. The van der Waals surface area contributed by atoms with Gasteiger partial charge in [0.25, 0.3) is 0 Å². The third-order valence-corrected chi connectivity index (χ3v) is 3.53. The van der Waals surface area contributed by atoms with E-state index >= 15 is 0 Å².